The highest BCUT2D eigenvalue weighted by molar-refractivity contribution is 7.89. The Hall–Kier alpha value is -0.880. The quantitative estimate of drug-likeness (QED) is 0.852. The Morgan fingerprint density at radius 1 is 1.37 bits per heavy atom. The molecule has 0 radical (unpaired) electrons. The highest BCUT2D eigenvalue weighted by Crippen LogP contribution is 2.31. The van der Waals surface area contributed by atoms with E-state index in [1.54, 1.807) is 30.0 Å². The predicted octanol–water partition coefficient (Wildman–Crippen LogP) is 1.93. The van der Waals surface area contributed by atoms with Crippen molar-refractivity contribution in [2.45, 2.75) is 50.5 Å². The smallest absolute Gasteiger partial charge is 0.246 e. The van der Waals surface area contributed by atoms with Crippen LogP contribution >= 0.6 is 0 Å². The summed E-state index contributed by atoms with van der Waals surface area (Å²) < 4.78 is 28.5. The first-order chi connectivity index (χ1) is 8.85. The second-order valence-corrected chi connectivity index (χ2v) is 7.53. The summed E-state index contributed by atoms with van der Waals surface area (Å²) >= 11 is 0. The van der Waals surface area contributed by atoms with Crippen molar-refractivity contribution in [3.63, 3.8) is 0 Å². The van der Waals surface area contributed by atoms with Crippen LogP contribution in [0.1, 0.15) is 38.3 Å². The normalized spacial score (nSPS) is 24.9. The second-order valence-electron chi connectivity index (χ2n) is 5.57. The van der Waals surface area contributed by atoms with Gasteiger partial charge in [-0.1, -0.05) is 19.8 Å². The second kappa shape index (κ2) is 5.25. The van der Waals surface area contributed by atoms with E-state index < -0.39 is 10.0 Å². The zero-order chi connectivity index (χ0) is 14.2. The Kier molecular flexibility index (Phi) is 4.01. The molecule has 0 spiro atoms. The van der Waals surface area contributed by atoms with Gasteiger partial charge < -0.3 is 0 Å². The number of hydrogen-bond acceptors (Lipinski definition) is 3. The van der Waals surface area contributed by atoms with E-state index in [-0.39, 0.29) is 6.04 Å². The van der Waals surface area contributed by atoms with E-state index in [0.717, 1.165) is 19.3 Å². The fourth-order valence-corrected chi connectivity index (χ4v) is 4.57. The SMILES string of the molecule is Cc1c(S(=O)(=O)N(C)C2CCCCC2C)cnn1C. The summed E-state index contributed by atoms with van der Waals surface area (Å²) in [6.07, 6.45) is 5.83. The Balaban J connectivity index is 2.31. The van der Waals surface area contributed by atoms with Gasteiger partial charge in [-0.3, -0.25) is 4.68 Å². The van der Waals surface area contributed by atoms with E-state index in [9.17, 15) is 8.42 Å². The zero-order valence-corrected chi connectivity index (χ0v) is 12.9. The van der Waals surface area contributed by atoms with Gasteiger partial charge in [0.05, 0.1) is 11.9 Å². The van der Waals surface area contributed by atoms with Crippen molar-refractivity contribution in [2.24, 2.45) is 13.0 Å². The minimum absolute atomic E-state index is 0.110. The lowest BCUT2D eigenvalue weighted by Crippen LogP contribution is -2.42. The molecule has 0 saturated heterocycles. The van der Waals surface area contributed by atoms with E-state index in [1.807, 2.05) is 0 Å². The van der Waals surface area contributed by atoms with Crippen molar-refractivity contribution in [1.82, 2.24) is 14.1 Å². The molecule has 1 aliphatic carbocycles. The molecule has 1 heterocycles. The van der Waals surface area contributed by atoms with Gasteiger partial charge in [0.15, 0.2) is 0 Å². The minimum atomic E-state index is -3.43. The zero-order valence-electron chi connectivity index (χ0n) is 12.1. The molecule has 2 atom stereocenters. The van der Waals surface area contributed by atoms with Crippen molar-refractivity contribution in [3.8, 4) is 0 Å². The number of aryl methyl sites for hydroxylation is 1. The third-order valence-corrected chi connectivity index (χ3v) is 6.37. The van der Waals surface area contributed by atoms with E-state index in [1.165, 1.54) is 12.6 Å². The maximum Gasteiger partial charge on any atom is 0.246 e. The summed E-state index contributed by atoms with van der Waals surface area (Å²) in [4.78, 5) is 0.329. The number of hydrogen-bond donors (Lipinski definition) is 0. The van der Waals surface area contributed by atoms with Crippen LogP contribution in [0.2, 0.25) is 0 Å². The standard InChI is InChI=1S/C13H23N3O2S/c1-10-7-5-6-8-12(10)16(4)19(17,18)13-9-14-15(3)11(13)2/h9-10,12H,5-8H2,1-4H3. The molecule has 1 aromatic rings. The van der Waals surface area contributed by atoms with Crippen LogP contribution in [-0.4, -0.2) is 35.6 Å². The first-order valence-electron chi connectivity index (χ1n) is 6.82. The molecule has 0 bridgehead atoms. The van der Waals surface area contributed by atoms with Gasteiger partial charge in [-0.25, -0.2) is 8.42 Å². The lowest BCUT2D eigenvalue weighted by Gasteiger charge is -2.35. The first kappa shape index (κ1) is 14.5. The third kappa shape index (κ3) is 2.56. The Bertz CT molecular complexity index is 550. The molecule has 0 aromatic carbocycles. The average molecular weight is 285 g/mol. The Labute approximate surface area is 115 Å². The molecule has 1 saturated carbocycles. The highest BCUT2D eigenvalue weighted by Gasteiger charge is 2.34. The van der Waals surface area contributed by atoms with Gasteiger partial charge in [0, 0.05) is 20.1 Å². The summed E-state index contributed by atoms with van der Waals surface area (Å²) in [6, 6.07) is 0.110. The van der Waals surface area contributed by atoms with Crippen LogP contribution in [0.25, 0.3) is 0 Å². The molecular formula is C13H23N3O2S. The summed E-state index contributed by atoms with van der Waals surface area (Å²) in [5.74, 6) is 0.422. The van der Waals surface area contributed by atoms with Gasteiger partial charge in [0.25, 0.3) is 0 Å². The van der Waals surface area contributed by atoms with Gasteiger partial charge in [-0.15, -0.1) is 0 Å². The van der Waals surface area contributed by atoms with Gasteiger partial charge in [0.1, 0.15) is 4.90 Å². The molecule has 0 N–H and O–H groups in total. The monoisotopic (exact) mass is 285 g/mol. The maximum atomic E-state index is 12.7. The molecule has 1 fully saturated rings. The van der Waals surface area contributed by atoms with Crippen molar-refractivity contribution in [1.29, 1.82) is 0 Å². The van der Waals surface area contributed by atoms with Crippen LogP contribution in [0, 0.1) is 12.8 Å². The summed E-state index contributed by atoms with van der Waals surface area (Å²) in [6.45, 7) is 3.93. The van der Waals surface area contributed by atoms with E-state index in [0.29, 0.717) is 16.5 Å². The Morgan fingerprint density at radius 3 is 2.53 bits per heavy atom. The van der Waals surface area contributed by atoms with Crippen LogP contribution in [0.15, 0.2) is 11.1 Å². The third-order valence-electron chi connectivity index (χ3n) is 4.38. The lowest BCUT2D eigenvalue weighted by atomic mass is 9.86. The van der Waals surface area contributed by atoms with Gasteiger partial charge in [-0.05, 0) is 25.7 Å². The van der Waals surface area contributed by atoms with E-state index in [4.69, 9.17) is 0 Å². The Morgan fingerprint density at radius 2 is 2.00 bits per heavy atom. The fraction of sp³-hybridized carbons (Fsp3) is 0.769. The van der Waals surface area contributed by atoms with Gasteiger partial charge >= 0.3 is 0 Å². The van der Waals surface area contributed by atoms with Crippen molar-refractivity contribution < 1.29 is 8.42 Å². The van der Waals surface area contributed by atoms with E-state index >= 15 is 0 Å². The molecular weight excluding hydrogens is 262 g/mol. The van der Waals surface area contributed by atoms with Crippen LogP contribution in [-0.2, 0) is 17.1 Å². The van der Waals surface area contributed by atoms with Crippen molar-refractivity contribution in [2.75, 3.05) is 7.05 Å². The largest absolute Gasteiger partial charge is 0.272 e. The fourth-order valence-electron chi connectivity index (χ4n) is 2.90. The molecule has 5 nitrogen and oxygen atoms in total. The molecule has 2 rings (SSSR count). The van der Waals surface area contributed by atoms with Gasteiger partial charge in [0.2, 0.25) is 10.0 Å². The molecule has 2 unspecified atom stereocenters. The van der Waals surface area contributed by atoms with Crippen LogP contribution < -0.4 is 0 Å². The maximum absolute atomic E-state index is 12.7. The summed E-state index contributed by atoms with van der Waals surface area (Å²) in [5.41, 5.74) is 0.690. The van der Waals surface area contributed by atoms with Crippen LogP contribution in [0.4, 0.5) is 0 Å². The molecule has 0 amide bonds. The molecule has 1 aliphatic rings. The lowest BCUT2D eigenvalue weighted by molar-refractivity contribution is 0.213. The van der Waals surface area contributed by atoms with Crippen LogP contribution in [0.3, 0.4) is 0 Å². The highest BCUT2D eigenvalue weighted by atomic mass is 32.2. The molecule has 6 heteroatoms. The van der Waals surface area contributed by atoms with E-state index in [2.05, 4.69) is 12.0 Å². The molecule has 0 aliphatic heterocycles. The average Bonchev–Trinajstić information content (AvgIpc) is 2.70. The molecule has 19 heavy (non-hydrogen) atoms. The number of nitrogens with zero attached hydrogens (tertiary/aromatic N) is 3. The topological polar surface area (TPSA) is 55.2 Å². The van der Waals surface area contributed by atoms with Crippen molar-refractivity contribution in [3.05, 3.63) is 11.9 Å². The molecule has 108 valence electrons. The predicted molar refractivity (Wildman–Crippen MR) is 74.3 cm³/mol. The summed E-state index contributed by atoms with van der Waals surface area (Å²) in [5, 5.41) is 4.04. The van der Waals surface area contributed by atoms with Crippen LogP contribution in [0.5, 0.6) is 0 Å². The first-order valence-corrected chi connectivity index (χ1v) is 8.26. The molecule has 1 aromatic heterocycles. The van der Waals surface area contributed by atoms with Gasteiger partial charge in [-0.2, -0.15) is 9.40 Å². The van der Waals surface area contributed by atoms with Crippen molar-refractivity contribution >= 4 is 10.0 Å². The number of aromatic nitrogens is 2. The summed E-state index contributed by atoms with van der Waals surface area (Å²) in [7, 11) is 0.0328. The minimum Gasteiger partial charge on any atom is -0.272 e. The number of sulfonamides is 1. The number of rotatable bonds is 3.